The molecule has 0 spiro atoms. The molecule has 0 aliphatic heterocycles. The van der Waals surface area contributed by atoms with Gasteiger partial charge in [-0.3, -0.25) is 0 Å². The molecule has 0 aromatic rings. The first-order valence-corrected chi connectivity index (χ1v) is 4.17. The predicted octanol–water partition coefficient (Wildman–Crippen LogP) is 2.47. The van der Waals surface area contributed by atoms with Gasteiger partial charge in [0.25, 0.3) is 0 Å². The van der Waals surface area contributed by atoms with Crippen molar-refractivity contribution in [2.75, 3.05) is 6.54 Å². The largest absolute Gasteiger partial charge is 0.327 e. The van der Waals surface area contributed by atoms with Crippen molar-refractivity contribution in [3.8, 4) is 0 Å². The Labute approximate surface area is 64.3 Å². The average Bonchev–Trinajstić information content (AvgIpc) is 1.89. The third kappa shape index (κ3) is 5.83. The van der Waals surface area contributed by atoms with Gasteiger partial charge < -0.3 is 5.73 Å². The lowest BCUT2D eigenvalue weighted by Gasteiger charge is -1.98. The van der Waals surface area contributed by atoms with Gasteiger partial charge in [-0.05, 0) is 19.8 Å². The molecule has 1 heteroatoms. The molecule has 0 heterocycles. The first-order valence-electron chi connectivity index (χ1n) is 4.17. The van der Waals surface area contributed by atoms with Crippen LogP contribution in [0, 0.1) is 0 Å². The number of rotatable bonds is 5. The number of hydrogen-bond donors (Lipinski definition) is 1. The maximum absolute atomic E-state index is 5.36. The Bertz CT molecular complexity index is 94.9. The average molecular weight is 141 g/mol. The van der Waals surface area contributed by atoms with E-state index < -0.39 is 0 Å². The molecular formula is C9H19N. The molecule has 1 nitrogen and oxygen atoms in total. The normalized spacial score (nSPS) is 12.1. The van der Waals surface area contributed by atoms with Crippen LogP contribution < -0.4 is 5.73 Å². The Hall–Kier alpha value is -0.300. The highest BCUT2D eigenvalue weighted by Crippen LogP contribution is 2.06. The molecule has 60 valence electrons. The summed E-state index contributed by atoms with van der Waals surface area (Å²) >= 11 is 0. The van der Waals surface area contributed by atoms with E-state index in [1.54, 1.807) is 0 Å². The van der Waals surface area contributed by atoms with Crippen LogP contribution in [-0.2, 0) is 0 Å². The topological polar surface area (TPSA) is 26.0 Å². The van der Waals surface area contributed by atoms with Crippen molar-refractivity contribution in [3.63, 3.8) is 0 Å². The fourth-order valence-electron chi connectivity index (χ4n) is 0.957. The van der Waals surface area contributed by atoms with E-state index in [4.69, 9.17) is 5.73 Å². The van der Waals surface area contributed by atoms with Crippen molar-refractivity contribution in [1.82, 2.24) is 0 Å². The van der Waals surface area contributed by atoms with Gasteiger partial charge in [-0.2, -0.15) is 0 Å². The zero-order chi connectivity index (χ0) is 7.82. The molecule has 0 aliphatic rings. The molecule has 0 bridgehead atoms. The second-order valence-corrected chi connectivity index (χ2v) is 2.74. The lowest BCUT2D eigenvalue weighted by Crippen LogP contribution is -1.94. The van der Waals surface area contributed by atoms with Gasteiger partial charge in [0.15, 0.2) is 0 Å². The van der Waals surface area contributed by atoms with Gasteiger partial charge in [-0.25, -0.2) is 0 Å². The number of allylic oxidation sites excluding steroid dienone is 1. The molecule has 0 fully saturated rings. The third-order valence-corrected chi connectivity index (χ3v) is 1.64. The van der Waals surface area contributed by atoms with Crippen LogP contribution in [0.5, 0.6) is 0 Å². The second-order valence-electron chi connectivity index (χ2n) is 2.74. The molecule has 0 saturated heterocycles. The fraction of sp³-hybridized carbons (Fsp3) is 0.778. The minimum absolute atomic E-state index is 0.692. The van der Waals surface area contributed by atoms with E-state index in [0.717, 1.165) is 0 Å². The summed E-state index contributed by atoms with van der Waals surface area (Å²) < 4.78 is 0. The van der Waals surface area contributed by atoms with Gasteiger partial charge in [0.1, 0.15) is 0 Å². The van der Waals surface area contributed by atoms with Crippen LogP contribution in [0.1, 0.15) is 39.5 Å². The van der Waals surface area contributed by atoms with E-state index in [-0.39, 0.29) is 0 Å². The zero-order valence-corrected chi connectivity index (χ0v) is 7.19. The van der Waals surface area contributed by atoms with Crippen molar-refractivity contribution in [2.24, 2.45) is 5.73 Å². The highest BCUT2D eigenvalue weighted by molar-refractivity contribution is 4.98. The molecule has 0 rings (SSSR count). The Balaban J connectivity index is 3.21. The highest BCUT2D eigenvalue weighted by Gasteiger charge is 1.87. The van der Waals surface area contributed by atoms with Crippen molar-refractivity contribution >= 4 is 0 Å². The van der Waals surface area contributed by atoms with E-state index in [2.05, 4.69) is 19.9 Å². The lowest BCUT2D eigenvalue weighted by molar-refractivity contribution is 0.712. The zero-order valence-electron chi connectivity index (χ0n) is 7.19. The molecule has 0 amide bonds. The minimum Gasteiger partial charge on any atom is -0.327 e. The summed E-state index contributed by atoms with van der Waals surface area (Å²) in [6, 6.07) is 0. The minimum atomic E-state index is 0.692. The van der Waals surface area contributed by atoms with Crippen LogP contribution in [0.4, 0.5) is 0 Å². The molecule has 0 radical (unpaired) electrons. The number of hydrogen-bond acceptors (Lipinski definition) is 1. The summed E-state index contributed by atoms with van der Waals surface area (Å²) in [5.74, 6) is 0. The van der Waals surface area contributed by atoms with Gasteiger partial charge in [0.2, 0.25) is 0 Å². The molecule has 0 atom stereocenters. The van der Waals surface area contributed by atoms with E-state index >= 15 is 0 Å². The van der Waals surface area contributed by atoms with E-state index in [0.29, 0.717) is 6.54 Å². The van der Waals surface area contributed by atoms with E-state index in [1.165, 1.54) is 31.3 Å². The lowest BCUT2D eigenvalue weighted by atomic mass is 10.1. The van der Waals surface area contributed by atoms with Gasteiger partial charge in [-0.1, -0.05) is 31.4 Å². The molecule has 10 heavy (non-hydrogen) atoms. The Morgan fingerprint density at radius 1 is 1.40 bits per heavy atom. The number of nitrogens with two attached hydrogens (primary N) is 1. The van der Waals surface area contributed by atoms with Crippen molar-refractivity contribution in [2.45, 2.75) is 39.5 Å². The predicted molar refractivity (Wildman–Crippen MR) is 47.0 cm³/mol. The van der Waals surface area contributed by atoms with Crippen molar-refractivity contribution in [1.29, 1.82) is 0 Å². The Morgan fingerprint density at radius 2 is 2.10 bits per heavy atom. The summed E-state index contributed by atoms with van der Waals surface area (Å²) in [7, 11) is 0. The maximum atomic E-state index is 5.36. The summed E-state index contributed by atoms with van der Waals surface area (Å²) in [6.45, 7) is 5.07. The summed E-state index contributed by atoms with van der Waals surface area (Å²) in [4.78, 5) is 0. The van der Waals surface area contributed by atoms with Gasteiger partial charge in [0.05, 0.1) is 0 Å². The molecule has 0 saturated carbocycles. The summed E-state index contributed by atoms with van der Waals surface area (Å²) in [5.41, 5.74) is 6.80. The Morgan fingerprint density at radius 3 is 2.60 bits per heavy atom. The molecule has 0 unspecified atom stereocenters. The molecule has 0 aromatic carbocycles. The SMILES string of the molecule is CCCCC/C(C)=C/CN. The maximum Gasteiger partial charge on any atom is 0.0109 e. The van der Waals surface area contributed by atoms with Crippen LogP contribution in [0.15, 0.2) is 11.6 Å². The third-order valence-electron chi connectivity index (χ3n) is 1.64. The van der Waals surface area contributed by atoms with Gasteiger partial charge in [0, 0.05) is 6.54 Å². The van der Waals surface area contributed by atoms with Gasteiger partial charge in [-0.15, -0.1) is 0 Å². The van der Waals surface area contributed by atoms with Crippen LogP contribution in [0.3, 0.4) is 0 Å². The van der Waals surface area contributed by atoms with Crippen molar-refractivity contribution in [3.05, 3.63) is 11.6 Å². The first-order chi connectivity index (χ1) is 4.81. The summed E-state index contributed by atoms with van der Waals surface area (Å²) in [6.07, 6.45) is 7.30. The Kier molecular flexibility index (Phi) is 6.61. The van der Waals surface area contributed by atoms with Crippen LogP contribution >= 0.6 is 0 Å². The standard InChI is InChI=1S/C9H19N/c1-3-4-5-6-9(2)7-8-10/h7H,3-6,8,10H2,1-2H3/b9-7+. The van der Waals surface area contributed by atoms with Crippen LogP contribution in [-0.4, -0.2) is 6.54 Å². The van der Waals surface area contributed by atoms with E-state index in [1.807, 2.05) is 0 Å². The van der Waals surface area contributed by atoms with Crippen LogP contribution in [0.2, 0.25) is 0 Å². The summed E-state index contributed by atoms with van der Waals surface area (Å²) in [5, 5.41) is 0. The molecule has 0 aromatic heterocycles. The van der Waals surface area contributed by atoms with Crippen LogP contribution in [0.25, 0.3) is 0 Å². The van der Waals surface area contributed by atoms with Crippen molar-refractivity contribution < 1.29 is 0 Å². The second kappa shape index (κ2) is 6.81. The smallest absolute Gasteiger partial charge is 0.0109 e. The first kappa shape index (κ1) is 9.70. The highest BCUT2D eigenvalue weighted by atomic mass is 14.5. The number of unbranched alkanes of at least 4 members (excludes halogenated alkanes) is 2. The van der Waals surface area contributed by atoms with Gasteiger partial charge >= 0.3 is 0 Å². The molecular weight excluding hydrogens is 122 g/mol. The monoisotopic (exact) mass is 141 g/mol. The molecule has 0 aliphatic carbocycles. The molecule has 2 N–H and O–H groups in total. The quantitative estimate of drug-likeness (QED) is 0.462. The van der Waals surface area contributed by atoms with E-state index in [9.17, 15) is 0 Å². The fourth-order valence-corrected chi connectivity index (χ4v) is 0.957.